The van der Waals surface area contributed by atoms with Crippen molar-refractivity contribution in [3.63, 3.8) is 0 Å². The highest BCUT2D eigenvalue weighted by molar-refractivity contribution is 7.09. The lowest BCUT2D eigenvalue weighted by Crippen LogP contribution is -2.10. The molecule has 2 N–H and O–H groups in total. The molecule has 0 aliphatic rings. The first-order valence-electron chi connectivity index (χ1n) is 6.67. The van der Waals surface area contributed by atoms with Crippen LogP contribution in [0.15, 0.2) is 29.6 Å². The Hall–Kier alpha value is -1.88. The van der Waals surface area contributed by atoms with E-state index in [1.54, 1.807) is 11.3 Å². The number of aryl methyl sites for hydroxylation is 1. The molecule has 1 aromatic heterocycles. The molecule has 20 heavy (non-hydrogen) atoms. The summed E-state index contributed by atoms with van der Waals surface area (Å²) in [7, 11) is 0. The van der Waals surface area contributed by atoms with E-state index in [0.717, 1.165) is 22.1 Å². The molecule has 0 spiro atoms. The topological polar surface area (TPSA) is 54.0 Å². The largest absolute Gasteiger partial charge is 0.377 e. The highest BCUT2D eigenvalue weighted by Crippen LogP contribution is 2.22. The van der Waals surface area contributed by atoms with E-state index in [1.165, 1.54) is 0 Å². The molecule has 5 heteroatoms. The van der Waals surface area contributed by atoms with Crippen molar-refractivity contribution in [2.75, 3.05) is 10.6 Å². The monoisotopic (exact) mass is 289 g/mol. The first-order valence-corrected chi connectivity index (χ1v) is 7.55. The molecular formula is C15H19N3OS. The van der Waals surface area contributed by atoms with Gasteiger partial charge in [-0.05, 0) is 38.1 Å². The SMILES string of the molecule is CCC(=O)Nc1ccc(NC(C)c2csc(C)n2)cc1. The zero-order valence-electron chi connectivity index (χ0n) is 11.9. The molecule has 0 saturated carbocycles. The molecule has 0 aliphatic carbocycles. The summed E-state index contributed by atoms with van der Waals surface area (Å²) in [6, 6.07) is 7.88. The van der Waals surface area contributed by atoms with Crippen LogP contribution in [0.4, 0.5) is 11.4 Å². The Morgan fingerprint density at radius 2 is 1.95 bits per heavy atom. The number of thiazole rings is 1. The number of nitrogens with zero attached hydrogens (tertiary/aromatic N) is 1. The zero-order chi connectivity index (χ0) is 14.5. The molecule has 0 radical (unpaired) electrons. The molecular weight excluding hydrogens is 270 g/mol. The second kappa shape index (κ2) is 6.52. The van der Waals surface area contributed by atoms with Gasteiger partial charge in [-0.3, -0.25) is 4.79 Å². The molecule has 1 aromatic carbocycles. The van der Waals surface area contributed by atoms with E-state index in [1.807, 2.05) is 38.1 Å². The van der Waals surface area contributed by atoms with Crippen molar-refractivity contribution in [2.24, 2.45) is 0 Å². The van der Waals surface area contributed by atoms with Crippen LogP contribution in [-0.4, -0.2) is 10.9 Å². The average Bonchev–Trinajstić information content (AvgIpc) is 2.87. The first-order chi connectivity index (χ1) is 9.58. The first kappa shape index (κ1) is 14.5. The Morgan fingerprint density at radius 3 is 2.50 bits per heavy atom. The van der Waals surface area contributed by atoms with E-state index in [0.29, 0.717) is 6.42 Å². The maximum Gasteiger partial charge on any atom is 0.224 e. The number of anilines is 2. The zero-order valence-corrected chi connectivity index (χ0v) is 12.8. The van der Waals surface area contributed by atoms with Gasteiger partial charge in [-0.1, -0.05) is 6.92 Å². The van der Waals surface area contributed by atoms with Crippen molar-refractivity contribution >= 4 is 28.6 Å². The quantitative estimate of drug-likeness (QED) is 0.875. The van der Waals surface area contributed by atoms with Crippen LogP contribution in [0.2, 0.25) is 0 Å². The van der Waals surface area contributed by atoms with Gasteiger partial charge in [-0.2, -0.15) is 0 Å². The van der Waals surface area contributed by atoms with Gasteiger partial charge in [0.1, 0.15) is 0 Å². The Morgan fingerprint density at radius 1 is 1.30 bits per heavy atom. The second-order valence-electron chi connectivity index (χ2n) is 4.64. The summed E-state index contributed by atoms with van der Waals surface area (Å²) >= 11 is 1.66. The van der Waals surface area contributed by atoms with Gasteiger partial charge in [0.2, 0.25) is 5.91 Å². The molecule has 0 aliphatic heterocycles. The summed E-state index contributed by atoms with van der Waals surface area (Å²) in [6.07, 6.45) is 0.486. The van der Waals surface area contributed by atoms with Crippen molar-refractivity contribution in [1.29, 1.82) is 0 Å². The number of benzene rings is 1. The second-order valence-corrected chi connectivity index (χ2v) is 5.70. The molecule has 1 heterocycles. The van der Waals surface area contributed by atoms with Gasteiger partial charge in [-0.25, -0.2) is 4.98 Å². The fraction of sp³-hybridized carbons (Fsp3) is 0.333. The normalized spacial score (nSPS) is 11.9. The van der Waals surface area contributed by atoms with Gasteiger partial charge in [0.15, 0.2) is 0 Å². The molecule has 0 saturated heterocycles. The van der Waals surface area contributed by atoms with Gasteiger partial charge >= 0.3 is 0 Å². The van der Waals surface area contributed by atoms with Crippen molar-refractivity contribution in [3.8, 4) is 0 Å². The third-order valence-electron chi connectivity index (χ3n) is 2.95. The minimum absolute atomic E-state index is 0.0250. The summed E-state index contributed by atoms with van der Waals surface area (Å²) in [5.74, 6) is 0.0250. The van der Waals surface area contributed by atoms with Crippen LogP contribution < -0.4 is 10.6 Å². The third-order valence-corrected chi connectivity index (χ3v) is 3.75. The van der Waals surface area contributed by atoms with Gasteiger partial charge in [0.05, 0.1) is 16.7 Å². The number of carbonyl (C=O) groups is 1. The maximum absolute atomic E-state index is 11.3. The summed E-state index contributed by atoms with van der Waals surface area (Å²) < 4.78 is 0. The number of aromatic nitrogens is 1. The molecule has 2 rings (SSSR count). The number of carbonyl (C=O) groups excluding carboxylic acids is 1. The summed E-state index contributed by atoms with van der Waals surface area (Å²) in [4.78, 5) is 15.8. The van der Waals surface area contributed by atoms with Crippen molar-refractivity contribution in [2.45, 2.75) is 33.2 Å². The Bertz CT molecular complexity index is 577. The lowest BCUT2D eigenvalue weighted by Gasteiger charge is -2.13. The number of nitrogens with one attached hydrogen (secondary N) is 2. The van der Waals surface area contributed by atoms with E-state index in [-0.39, 0.29) is 11.9 Å². The molecule has 0 fully saturated rings. The van der Waals surface area contributed by atoms with E-state index in [4.69, 9.17) is 0 Å². The lowest BCUT2D eigenvalue weighted by atomic mass is 10.2. The molecule has 1 atom stereocenters. The van der Waals surface area contributed by atoms with Crippen LogP contribution in [0, 0.1) is 6.92 Å². The van der Waals surface area contributed by atoms with Gasteiger partial charge in [0.25, 0.3) is 0 Å². The van der Waals surface area contributed by atoms with E-state index >= 15 is 0 Å². The molecule has 1 amide bonds. The van der Waals surface area contributed by atoms with Crippen molar-refractivity contribution in [1.82, 2.24) is 4.98 Å². The minimum atomic E-state index is 0.0250. The summed E-state index contributed by atoms with van der Waals surface area (Å²) in [5.41, 5.74) is 2.88. The van der Waals surface area contributed by atoms with Gasteiger partial charge in [-0.15, -0.1) is 11.3 Å². The third kappa shape index (κ3) is 3.81. The Labute approximate surface area is 123 Å². The predicted octanol–water partition coefficient (Wildman–Crippen LogP) is 3.97. The van der Waals surface area contributed by atoms with E-state index < -0.39 is 0 Å². The number of amides is 1. The minimum Gasteiger partial charge on any atom is -0.377 e. The molecule has 106 valence electrons. The number of rotatable bonds is 5. The average molecular weight is 289 g/mol. The smallest absolute Gasteiger partial charge is 0.224 e. The predicted molar refractivity (Wildman–Crippen MR) is 84.3 cm³/mol. The maximum atomic E-state index is 11.3. The van der Waals surface area contributed by atoms with Crippen LogP contribution in [0.25, 0.3) is 0 Å². The molecule has 1 unspecified atom stereocenters. The van der Waals surface area contributed by atoms with Gasteiger partial charge in [0, 0.05) is 23.2 Å². The fourth-order valence-corrected chi connectivity index (χ4v) is 2.51. The van der Waals surface area contributed by atoms with Crippen LogP contribution in [0.5, 0.6) is 0 Å². The fourth-order valence-electron chi connectivity index (χ4n) is 1.80. The highest BCUT2D eigenvalue weighted by Gasteiger charge is 2.08. The lowest BCUT2D eigenvalue weighted by molar-refractivity contribution is -0.115. The van der Waals surface area contributed by atoms with Crippen LogP contribution in [0.3, 0.4) is 0 Å². The Balaban J connectivity index is 1.98. The Kier molecular flexibility index (Phi) is 4.74. The van der Waals surface area contributed by atoms with Gasteiger partial charge < -0.3 is 10.6 Å². The van der Waals surface area contributed by atoms with Crippen LogP contribution >= 0.6 is 11.3 Å². The van der Waals surface area contributed by atoms with E-state index in [9.17, 15) is 4.79 Å². The molecule has 4 nitrogen and oxygen atoms in total. The van der Waals surface area contributed by atoms with Crippen molar-refractivity contribution in [3.05, 3.63) is 40.3 Å². The summed E-state index contributed by atoms with van der Waals surface area (Å²) in [6.45, 7) is 5.93. The number of hydrogen-bond donors (Lipinski definition) is 2. The standard InChI is InChI=1S/C15H19N3OS/c1-4-15(19)18-13-7-5-12(6-8-13)16-10(2)14-9-20-11(3)17-14/h5-10,16H,4H2,1-3H3,(H,18,19). The number of hydrogen-bond acceptors (Lipinski definition) is 4. The summed E-state index contributed by atoms with van der Waals surface area (Å²) in [5, 5.41) is 9.37. The highest BCUT2D eigenvalue weighted by atomic mass is 32.1. The van der Waals surface area contributed by atoms with Crippen molar-refractivity contribution < 1.29 is 4.79 Å². The van der Waals surface area contributed by atoms with Crippen LogP contribution in [-0.2, 0) is 4.79 Å². The molecule has 2 aromatic rings. The van der Waals surface area contributed by atoms with E-state index in [2.05, 4.69) is 27.9 Å². The molecule has 0 bridgehead atoms. The van der Waals surface area contributed by atoms with Crippen LogP contribution in [0.1, 0.15) is 37.0 Å².